The Labute approximate surface area is 150 Å². The van der Waals surface area contributed by atoms with Crippen LogP contribution in [-0.2, 0) is 28.5 Å². The van der Waals surface area contributed by atoms with Crippen LogP contribution in [0.2, 0.25) is 0 Å². The number of carbonyl (C=O) groups excluding carboxylic acids is 1. The van der Waals surface area contributed by atoms with E-state index < -0.39 is 41.9 Å². The summed E-state index contributed by atoms with van der Waals surface area (Å²) in [5, 5.41) is 0. The van der Waals surface area contributed by atoms with Gasteiger partial charge >= 0.3 is 12.4 Å². The number of benzene rings is 2. The Morgan fingerprint density at radius 3 is 1.89 bits per heavy atom. The molecule has 0 saturated heterocycles. The van der Waals surface area contributed by atoms with E-state index in [-0.39, 0.29) is 18.2 Å². The molecule has 1 unspecified atom stereocenters. The minimum atomic E-state index is -4.93. The maximum Gasteiger partial charge on any atom is 0.416 e. The van der Waals surface area contributed by atoms with Gasteiger partial charge in [-0.25, -0.2) is 0 Å². The molecule has 0 spiro atoms. The van der Waals surface area contributed by atoms with Gasteiger partial charge in [0.25, 0.3) is 0 Å². The van der Waals surface area contributed by atoms with E-state index in [0.717, 1.165) is 0 Å². The van der Waals surface area contributed by atoms with Gasteiger partial charge in [0, 0.05) is 0 Å². The standard InChI is InChI=1S/C18H15F6NO2/c19-17(20,21)13-6-11(7-14(8-13)18(22,23)24)9-27-10-15(16(25)26)12-4-2-1-3-5-12/h1-8,15H,9-10H2,(H2,25,26). The Morgan fingerprint density at radius 1 is 0.926 bits per heavy atom. The lowest BCUT2D eigenvalue weighted by Crippen LogP contribution is -2.25. The lowest BCUT2D eigenvalue weighted by atomic mass is 9.99. The van der Waals surface area contributed by atoms with E-state index in [2.05, 4.69) is 0 Å². The average Bonchev–Trinajstić information content (AvgIpc) is 2.57. The summed E-state index contributed by atoms with van der Waals surface area (Å²) in [4.78, 5) is 11.6. The zero-order chi connectivity index (χ0) is 20.2. The Kier molecular flexibility index (Phi) is 6.15. The fourth-order valence-electron chi connectivity index (χ4n) is 2.43. The molecule has 2 rings (SSSR count). The number of nitrogens with two attached hydrogens (primary N) is 1. The zero-order valence-electron chi connectivity index (χ0n) is 13.8. The maximum atomic E-state index is 12.8. The summed E-state index contributed by atoms with van der Waals surface area (Å²) in [5.74, 6) is -1.60. The van der Waals surface area contributed by atoms with Crippen LogP contribution in [0.25, 0.3) is 0 Å². The molecule has 1 amide bonds. The van der Waals surface area contributed by atoms with Gasteiger partial charge in [0.1, 0.15) is 0 Å². The SMILES string of the molecule is NC(=O)C(COCc1cc(C(F)(F)F)cc(C(F)(F)F)c1)c1ccccc1. The molecule has 0 aliphatic rings. The first kappa shape index (κ1) is 20.8. The fraction of sp³-hybridized carbons (Fsp3) is 0.278. The molecule has 0 aromatic heterocycles. The van der Waals surface area contributed by atoms with Crippen LogP contribution >= 0.6 is 0 Å². The van der Waals surface area contributed by atoms with Crippen molar-refractivity contribution in [1.29, 1.82) is 0 Å². The molecule has 1 atom stereocenters. The van der Waals surface area contributed by atoms with E-state index in [0.29, 0.717) is 17.7 Å². The summed E-state index contributed by atoms with van der Waals surface area (Å²) in [5.41, 5.74) is 2.66. The van der Waals surface area contributed by atoms with Gasteiger partial charge in [0.05, 0.1) is 30.3 Å². The molecule has 2 aromatic carbocycles. The summed E-state index contributed by atoms with van der Waals surface area (Å²) in [6, 6.07) is 9.47. The van der Waals surface area contributed by atoms with Gasteiger partial charge in [-0.05, 0) is 29.3 Å². The minimum absolute atomic E-state index is 0.0414. The van der Waals surface area contributed by atoms with Crippen molar-refractivity contribution >= 4 is 5.91 Å². The van der Waals surface area contributed by atoms with Crippen LogP contribution in [0.15, 0.2) is 48.5 Å². The number of hydrogen-bond acceptors (Lipinski definition) is 2. The first-order chi connectivity index (χ1) is 12.5. The van der Waals surface area contributed by atoms with Crippen LogP contribution in [0.5, 0.6) is 0 Å². The van der Waals surface area contributed by atoms with E-state index in [9.17, 15) is 31.1 Å². The highest BCUT2D eigenvalue weighted by Crippen LogP contribution is 2.36. The Balaban J connectivity index is 2.18. The molecule has 146 valence electrons. The molecule has 0 aliphatic heterocycles. The first-order valence-electron chi connectivity index (χ1n) is 7.69. The third kappa shape index (κ3) is 5.72. The monoisotopic (exact) mass is 391 g/mol. The van der Waals surface area contributed by atoms with Crippen molar-refractivity contribution in [2.45, 2.75) is 24.9 Å². The highest BCUT2D eigenvalue weighted by Gasteiger charge is 2.36. The third-order valence-electron chi connectivity index (χ3n) is 3.75. The minimum Gasteiger partial charge on any atom is -0.376 e. The number of alkyl halides is 6. The molecule has 9 heteroatoms. The highest BCUT2D eigenvalue weighted by atomic mass is 19.4. The second kappa shape index (κ2) is 7.99. The van der Waals surface area contributed by atoms with Gasteiger partial charge in [0.15, 0.2) is 0 Å². The van der Waals surface area contributed by atoms with Crippen molar-refractivity contribution in [3.8, 4) is 0 Å². The number of hydrogen-bond donors (Lipinski definition) is 1. The summed E-state index contributed by atoms with van der Waals surface area (Å²) in [6.45, 7) is -0.819. The predicted octanol–water partition coefficient (Wildman–Crippen LogP) is 4.51. The molecular weight excluding hydrogens is 376 g/mol. The number of halogens is 6. The number of carbonyl (C=O) groups is 1. The summed E-state index contributed by atoms with van der Waals surface area (Å²) in [7, 11) is 0. The van der Waals surface area contributed by atoms with Gasteiger partial charge in [-0.2, -0.15) is 26.3 Å². The van der Waals surface area contributed by atoms with Gasteiger partial charge < -0.3 is 10.5 Å². The van der Waals surface area contributed by atoms with Gasteiger partial charge in [-0.15, -0.1) is 0 Å². The smallest absolute Gasteiger partial charge is 0.376 e. The largest absolute Gasteiger partial charge is 0.416 e. The molecule has 2 N–H and O–H groups in total. The van der Waals surface area contributed by atoms with Crippen LogP contribution in [0.4, 0.5) is 26.3 Å². The molecule has 3 nitrogen and oxygen atoms in total. The van der Waals surface area contributed by atoms with Crippen molar-refractivity contribution in [2.75, 3.05) is 6.61 Å². The van der Waals surface area contributed by atoms with Gasteiger partial charge in [0.2, 0.25) is 5.91 Å². The molecular formula is C18H15F6NO2. The van der Waals surface area contributed by atoms with E-state index in [4.69, 9.17) is 10.5 Å². The molecule has 0 heterocycles. The first-order valence-corrected chi connectivity index (χ1v) is 7.69. The zero-order valence-corrected chi connectivity index (χ0v) is 13.8. The van der Waals surface area contributed by atoms with E-state index >= 15 is 0 Å². The van der Waals surface area contributed by atoms with Crippen LogP contribution in [0.3, 0.4) is 0 Å². The highest BCUT2D eigenvalue weighted by molar-refractivity contribution is 5.82. The van der Waals surface area contributed by atoms with Crippen LogP contribution in [0.1, 0.15) is 28.2 Å². The maximum absolute atomic E-state index is 12.8. The fourth-order valence-corrected chi connectivity index (χ4v) is 2.43. The lowest BCUT2D eigenvalue weighted by Gasteiger charge is -2.16. The number of primary amides is 1. The van der Waals surface area contributed by atoms with Crippen molar-refractivity contribution in [3.05, 3.63) is 70.8 Å². The van der Waals surface area contributed by atoms with Gasteiger partial charge in [-0.1, -0.05) is 30.3 Å². The van der Waals surface area contributed by atoms with Crippen molar-refractivity contribution in [3.63, 3.8) is 0 Å². The average molecular weight is 391 g/mol. The molecule has 0 fully saturated rings. The second-order valence-corrected chi connectivity index (χ2v) is 5.79. The van der Waals surface area contributed by atoms with E-state index in [1.807, 2.05) is 0 Å². The molecule has 27 heavy (non-hydrogen) atoms. The third-order valence-corrected chi connectivity index (χ3v) is 3.75. The van der Waals surface area contributed by atoms with E-state index in [1.54, 1.807) is 30.3 Å². The number of amides is 1. The molecule has 0 bridgehead atoms. The summed E-state index contributed by atoms with van der Waals surface area (Å²) < 4.78 is 82.3. The quantitative estimate of drug-likeness (QED) is 0.737. The van der Waals surface area contributed by atoms with Gasteiger partial charge in [-0.3, -0.25) is 4.79 Å². The van der Waals surface area contributed by atoms with Crippen LogP contribution in [-0.4, -0.2) is 12.5 Å². The number of rotatable bonds is 6. The van der Waals surface area contributed by atoms with Crippen molar-refractivity contribution in [1.82, 2.24) is 0 Å². The lowest BCUT2D eigenvalue weighted by molar-refractivity contribution is -0.143. The topological polar surface area (TPSA) is 52.3 Å². The normalized spacial score (nSPS) is 13.4. The Hall–Kier alpha value is -2.55. The second-order valence-electron chi connectivity index (χ2n) is 5.79. The van der Waals surface area contributed by atoms with Crippen LogP contribution < -0.4 is 5.73 Å². The van der Waals surface area contributed by atoms with E-state index in [1.165, 1.54) is 0 Å². The van der Waals surface area contributed by atoms with Crippen molar-refractivity contribution in [2.24, 2.45) is 5.73 Å². The summed E-state index contributed by atoms with van der Waals surface area (Å²) in [6.07, 6.45) is -9.87. The van der Waals surface area contributed by atoms with Crippen LogP contribution in [0, 0.1) is 0 Å². The predicted molar refractivity (Wildman–Crippen MR) is 84.5 cm³/mol. The molecule has 0 radical (unpaired) electrons. The molecule has 0 saturated carbocycles. The molecule has 2 aromatic rings. The Morgan fingerprint density at radius 2 is 1.44 bits per heavy atom. The van der Waals surface area contributed by atoms with Crippen molar-refractivity contribution < 1.29 is 35.9 Å². The number of ether oxygens (including phenoxy) is 1. The Bertz CT molecular complexity index is 754. The molecule has 0 aliphatic carbocycles. The summed E-state index contributed by atoms with van der Waals surface area (Å²) >= 11 is 0.